The summed E-state index contributed by atoms with van der Waals surface area (Å²) in [5.74, 6) is -0.584. The van der Waals surface area contributed by atoms with E-state index in [1.165, 1.54) is 29.7 Å². The number of nitrogens with zero attached hydrogens (tertiary/aromatic N) is 5. The number of carbonyl (C=O) groups is 1. The van der Waals surface area contributed by atoms with E-state index in [9.17, 15) is 9.18 Å². The Bertz CT molecular complexity index is 1190. The van der Waals surface area contributed by atoms with Gasteiger partial charge in [0.25, 0.3) is 5.91 Å². The van der Waals surface area contributed by atoms with E-state index in [0.29, 0.717) is 34.0 Å². The second-order valence-electron chi connectivity index (χ2n) is 6.84. The predicted molar refractivity (Wildman–Crippen MR) is 119 cm³/mol. The minimum atomic E-state index is -0.320. The molecular formula is C22H22FN5OS. The fourth-order valence-corrected chi connectivity index (χ4v) is 4.28. The number of thiazole rings is 1. The Kier molecular flexibility index (Phi) is 5.96. The van der Waals surface area contributed by atoms with Crippen LogP contribution < -0.4 is 4.90 Å². The molecule has 0 spiro atoms. The van der Waals surface area contributed by atoms with Gasteiger partial charge in [-0.2, -0.15) is 0 Å². The lowest BCUT2D eigenvalue weighted by atomic mass is 10.3. The maximum atomic E-state index is 13.6. The zero-order valence-electron chi connectivity index (χ0n) is 16.9. The van der Waals surface area contributed by atoms with E-state index in [-0.39, 0.29) is 17.4 Å². The van der Waals surface area contributed by atoms with E-state index >= 15 is 0 Å². The number of likely N-dealkylation sites (N-methyl/N-ethyl adjacent to an activating group) is 1. The van der Waals surface area contributed by atoms with Crippen LogP contribution in [0.3, 0.4) is 0 Å². The van der Waals surface area contributed by atoms with Crippen molar-refractivity contribution in [3.8, 4) is 0 Å². The molecule has 30 heavy (non-hydrogen) atoms. The molecular weight excluding hydrogens is 401 g/mol. The maximum absolute atomic E-state index is 13.6. The van der Waals surface area contributed by atoms with Crippen LogP contribution in [0.1, 0.15) is 24.3 Å². The number of amides is 1. The number of fused-ring (bicyclic) bond motifs is 2. The molecule has 0 N–H and O–H groups in total. The monoisotopic (exact) mass is 423 g/mol. The third-order valence-corrected chi connectivity index (χ3v) is 6.06. The van der Waals surface area contributed by atoms with E-state index < -0.39 is 0 Å². The zero-order valence-corrected chi connectivity index (χ0v) is 17.7. The second-order valence-corrected chi connectivity index (χ2v) is 7.85. The molecule has 154 valence electrons. The molecule has 2 aromatic carbocycles. The molecule has 0 aliphatic rings. The van der Waals surface area contributed by atoms with Crippen molar-refractivity contribution in [1.29, 1.82) is 0 Å². The fourth-order valence-electron chi connectivity index (χ4n) is 3.27. The number of aromatic nitrogens is 3. The molecule has 2 heterocycles. The zero-order chi connectivity index (χ0) is 21.1. The predicted octanol–water partition coefficient (Wildman–Crippen LogP) is 4.37. The van der Waals surface area contributed by atoms with Crippen molar-refractivity contribution in [3.63, 3.8) is 0 Å². The first-order chi connectivity index (χ1) is 14.6. The Morgan fingerprint density at radius 2 is 1.77 bits per heavy atom. The standard InChI is InChI=1S/C22H22FN5OS/c1-3-27(4-2)11-12-28(22-26-18-10-9-15(23)13-20(18)30-22)21(29)19-14-24-16-7-5-6-8-17(16)25-19/h5-10,13-14H,3-4,11-12H2,1-2H3. The van der Waals surface area contributed by atoms with Crippen LogP contribution in [0.2, 0.25) is 0 Å². The van der Waals surface area contributed by atoms with Crippen molar-refractivity contribution in [2.75, 3.05) is 31.1 Å². The summed E-state index contributed by atoms with van der Waals surface area (Å²) in [7, 11) is 0. The molecule has 0 saturated heterocycles. The third kappa shape index (κ3) is 4.15. The van der Waals surface area contributed by atoms with Crippen LogP contribution in [0.5, 0.6) is 0 Å². The molecule has 0 atom stereocenters. The van der Waals surface area contributed by atoms with Crippen LogP contribution in [0.4, 0.5) is 9.52 Å². The van der Waals surface area contributed by atoms with E-state index in [1.807, 2.05) is 24.3 Å². The Morgan fingerprint density at radius 1 is 1.00 bits per heavy atom. The molecule has 0 bridgehead atoms. The summed E-state index contributed by atoms with van der Waals surface area (Å²) in [5.41, 5.74) is 2.33. The largest absolute Gasteiger partial charge is 0.302 e. The van der Waals surface area contributed by atoms with Crippen LogP contribution in [-0.2, 0) is 0 Å². The highest BCUT2D eigenvalue weighted by Crippen LogP contribution is 2.30. The molecule has 4 aromatic rings. The molecule has 6 nitrogen and oxygen atoms in total. The van der Waals surface area contributed by atoms with Crippen molar-refractivity contribution in [2.45, 2.75) is 13.8 Å². The Hall–Kier alpha value is -2.97. The van der Waals surface area contributed by atoms with Crippen LogP contribution >= 0.6 is 11.3 Å². The lowest BCUT2D eigenvalue weighted by Crippen LogP contribution is -2.39. The molecule has 0 aliphatic heterocycles. The first kappa shape index (κ1) is 20.3. The Balaban J connectivity index is 1.71. The van der Waals surface area contributed by atoms with Gasteiger partial charge in [-0.25, -0.2) is 14.4 Å². The number of hydrogen-bond donors (Lipinski definition) is 0. The summed E-state index contributed by atoms with van der Waals surface area (Å²) in [5, 5.41) is 0.530. The van der Waals surface area contributed by atoms with Gasteiger partial charge in [0.1, 0.15) is 11.5 Å². The van der Waals surface area contributed by atoms with Gasteiger partial charge < -0.3 is 4.90 Å². The summed E-state index contributed by atoms with van der Waals surface area (Å²) in [6, 6.07) is 11.9. The van der Waals surface area contributed by atoms with E-state index in [2.05, 4.69) is 33.7 Å². The fraction of sp³-hybridized carbons (Fsp3) is 0.273. The Labute approximate surface area is 178 Å². The van der Waals surface area contributed by atoms with Crippen molar-refractivity contribution in [3.05, 3.63) is 60.2 Å². The van der Waals surface area contributed by atoms with Crippen LogP contribution in [-0.4, -0.2) is 51.9 Å². The second kappa shape index (κ2) is 8.81. The number of halogens is 1. The summed E-state index contributed by atoms with van der Waals surface area (Å²) in [4.78, 5) is 30.7. The molecule has 0 saturated carbocycles. The average Bonchev–Trinajstić information content (AvgIpc) is 3.18. The highest BCUT2D eigenvalue weighted by atomic mass is 32.1. The Morgan fingerprint density at radius 3 is 2.53 bits per heavy atom. The molecule has 0 radical (unpaired) electrons. The van der Waals surface area contributed by atoms with Gasteiger partial charge in [-0.3, -0.25) is 14.7 Å². The number of anilines is 1. The smallest absolute Gasteiger partial charge is 0.280 e. The highest BCUT2D eigenvalue weighted by Gasteiger charge is 2.23. The molecule has 8 heteroatoms. The minimum absolute atomic E-state index is 0.263. The summed E-state index contributed by atoms with van der Waals surface area (Å²) in [6.45, 7) is 7.11. The molecule has 0 unspecified atom stereocenters. The maximum Gasteiger partial charge on any atom is 0.280 e. The van der Waals surface area contributed by atoms with Gasteiger partial charge >= 0.3 is 0 Å². The molecule has 1 amide bonds. The van der Waals surface area contributed by atoms with E-state index in [1.54, 1.807) is 11.0 Å². The van der Waals surface area contributed by atoms with Crippen molar-refractivity contribution in [1.82, 2.24) is 19.9 Å². The quantitative estimate of drug-likeness (QED) is 0.442. The van der Waals surface area contributed by atoms with Crippen LogP contribution in [0, 0.1) is 5.82 Å². The molecule has 0 fully saturated rings. The van der Waals surface area contributed by atoms with E-state index in [4.69, 9.17) is 0 Å². The first-order valence-corrected chi connectivity index (χ1v) is 10.7. The summed E-state index contributed by atoms with van der Waals surface area (Å²) in [6.07, 6.45) is 1.50. The number of carbonyl (C=O) groups excluding carboxylic acids is 1. The lowest BCUT2D eigenvalue weighted by Gasteiger charge is -2.24. The topological polar surface area (TPSA) is 62.2 Å². The highest BCUT2D eigenvalue weighted by molar-refractivity contribution is 7.22. The van der Waals surface area contributed by atoms with Gasteiger partial charge in [0.15, 0.2) is 5.13 Å². The van der Waals surface area contributed by atoms with Crippen molar-refractivity contribution < 1.29 is 9.18 Å². The van der Waals surface area contributed by atoms with Crippen LogP contribution in [0.25, 0.3) is 21.3 Å². The number of para-hydroxylation sites is 2. The summed E-state index contributed by atoms with van der Waals surface area (Å²) >= 11 is 1.30. The molecule has 2 aromatic heterocycles. The first-order valence-electron chi connectivity index (χ1n) is 9.91. The summed E-state index contributed by atoms with van der Waals surface area (Å²) < 4.78 is 14.3. The number of benzene rings is 2. The van der Waals surface area contributed by atoms with Crippen molar-refractivity contribution >= 4 is 43.6 Å². The van der Waals surface area contributed by atoms with Gasteiger partial charge in [-0.15, -0.1) is 0 Å². The minimum Gasteiger partial charge on any atom is -0.302 e. The van der Waals surface area contributed by atoms with Gasteiger partial charge in [0.2, 0.25) is 0 Å². The van der Waals surface area contributed by atoms with Gasteiger partial charge in [-0.05, 0) is 43.4 Å². The van der Waals surface area contributed by atoms with Gasteiger partial charge in [0.05, 0.1) is 27.4 Å². The molecule has 0 aliphatic carbocycles. The SMILES string of the molecule is CCN(CC)CCN(C(=O)c1cnc2ccccc2n1)c1nc2ccc(F)cc2s1. The van der Waals surface area contributed by atoms with Gasteiger partial charge in [0, 0.05) is 13.1 Å². The lowest BCUT2D eigenvalue weighted by molar-refractivity contribution is 0.0979. The normalized spacial score (nSPS) is 11.5. The third-order valence-electron chi connectivity index (χ3n) is 5.02. The number of rotatable bonds is 7. The average molecular weight is 424 g/mol. The van der Waals surface area contributed by atoms with Crippen LogP contribution in [0.15, 0.2) is 48.7 Å². The molecule has 4 rings (SSSR count). The number of hydrogen-bond acceptors (Lipinski definition) is 6. The van der Waals surface area contributed by atoms with Gasteiger partial charge in [-0.1, -0.05) is 37.3 Å². The van der Waals surface area contributed by atoms with Crippen molar-refractivity contribution in [2.24, 2.45) is 0 Å². The van der Waals surface area contributed by atoms with E-state index in [0.717, 1.165) is 18.6 Å².